The molecule has 2 aromatic rings. The number of para-hydroxylation sites is 1. The van der Waals surface area contributed by atoms with Gasteiger partial charge in [0.1, 0.15) is 0 Å². The van der Waals surface area contributed by atoms with E-state index in [2.05, 4.69) is 16.8 Å². The molecule has 1 aliphatic carbocycles. The lowest BCUT2D eigenvalue weighted by atomic mass is 9.86. The minimum atomic E-state index is 0.107. The average molecular weight is 284 g/mol. The lowest BCUT2D eigenvalue weighted by Gasteiger charge is -2.29. The molecule has 1 aromatic carbocycles. The smallest absolute Gasteiger partial charge is 0.189 e. The van der Waals surface area contributed by atoms with Gasteiger partial charge in [-0.2, -0.15) is 0 Å². The van der Waals surface area contributed by atoms with Crippen LogP contribution in [0, 0.1) is 5.92 Å². The van der Waals surface area contributed by atoms with Crippen molar-refractivity contribution < 1.29 is 0 Å². The van der Waals surface area contributed by atoms with E-state index in [0.29, 0.717) is 6.04 Å². The van der Waals surface area contributed by atoms with E-state index in [1.54, 1.807) is 6.07 Å². The number of hydrogen-bond acceptors (Lipinski definition) is 2. The molecule has 0 bridgehead atoms. The molecule has 3 heteroatoms. The first-order valence-electron chi connectivity index (χ1n) is 8.07. The number of nitrogens with zero attached hydrogens (tertiary/aromatic N) is 1. The third kappa shape index (κ3) is 3.18. The van der Waals surface area contributed by atoms with Crippen molar-refractivity contribution in [3.8, 4) is 0 Å². The Hall–Kier alpha value is -1.61. The van der Waals surface area contributed by atoms with Crippen LogP contribution >= 0.6 is 0 Å². The van der Waals surface area contributed by atoms with Gasteiger partial charge in [-0.1, -0.05) is 31.9 Å². The molecule has 1 heterocycles. The Labute approximate surface area is 126 Å². The van der Waals surface area contributed by atoms with Crippen molar-refractivity contribution >= 4 is 10.9 Å². The molecular formula is C18H24N2O. The van der Waals surface area contributed by atoms with E-state index >= 15 is 0 Å². The van der Waals surface area contributed by atoms with Crippen LogP contribution in [0.15, 0.2) is 41.3 Å². The third-order valence-corrected chi connectivity index (χ3v) is 4.76. The van der Waals surface area contributed by atoms with Crippen LogP contribution in [0.4, 0.5) is 0 Å². The van der Waals surface area contributed by atoms with Crippen molar-refractivity contribution in [1.82, 2.24) is 9.88 Å². The first-order valence-corrected chi connectivity index (χ1v) is 8.07. The summed E-state index contributed by atoms with van der Waals surface area (Å²) in [5, 5.41) is 4.51. The average Bonchev–Trinajstić information content (AvgIpc) is 2.52. The van der Waals surface area contributed by atoms with E-state index in [1.165, 1.54) is 25.7 Å². The molecule has 1 N–H and O–H groups in total. The van der Waals surface area contributed by atoms with Crippen LogP contribution in [0.2, 0.25) is 0 Å². The van der Waals surface area contributed by atoms with Crippen molar-refractivity contribution in [2.75, 3.05) is 6.54 Å². The van der Waals surface area contributed by atoms with Gasteiger partial charge in [-0.25, -0.2) is 0 Å². The summed E-state index contributed by atoms with van der Waals surface area (Å²) in [5.41, 5.74) is 1.14. The maximum Gasteiger partial charge on any atom is 0.189 e. The Morgan fingerprint density at radius 2 is 2.00 bits per heavy atom. The molecule has 0 amide bonds. The minimum Gasteiger partial charge on any atom is -0.346 e. The Kier molecular flexibility index (Phi) is 4.39. The van der Waals surface area contributed by atoms with E-state index in [9.17, 15) is 4.79 Å². The Bertz CT molecular complexity index is 662. The number of hydrogen-bond donors (Lipinski definition) is 1. The molecule has 3 rings (SSSR count). The molecule has 1 aromatic heterocycles. The molecule has 2 atom stereocenters. The molecule has 0 spiro atoms. The fraction of sp³-hybridized carbons (Fsp3) is 0.500. The standard InChI is InChI=1S/C18H24N2O/c1-14-6-2-4-8-16(14)19-11-13-20-12-10-18(21)15-7-3-5-9-17(15)20/h3,5,7,9-10,12,14,16,19H,2,4,6,8,11,13H2,1H3. The largest absolute Gasteiger partial charge is 0.346 e. The highest BCUT2D eigenvalue weighted by molar-refractivity contribution is 5.78. The summed E-state index contributed by atoms with van der Waals surface area (Å²) in [6.07, 6.45) is 7.29. The maximum absolute atomic E-state index is 11.9. The predicted octanol–water partition coefficient (Wildman–Crippen LogP) is 3.17. The van der Waals surface area contributed by atoms with Gasteiger partial charge in [0.2, 0.25) is 0 Å². The summed E-state index contributed by atoms with van der Waals surface area (Å²) in [6, 6.07) is 10.2. The molecule has 1 fully saturated rings. The van der Waals surface area contributed by atoms with Gasteiger partial charge in [-0.15, -0.1) is 0 Å². The van der Waals surface area contributed by atoms with Gasteiger partial charge >= 0.3 is 0 Å². The second kappa shape index (κ2) is 6.44. The topological polar surface area (TPSA) is 34.0 Å². The highest BCUT2D eigenvalue weighted by atomic mass is 16.1. The van der Waals surface area contributed by atoms with Gasteiger partial charge in [-0.05, 0) is 30.9 Å². The molecule has 0 radical (unpaired) electrons. The van der Waals surface area contributed by atoms with Crippen LogP contribution in [0.1, 0.15) is 32.6 Å². The normalized spacial score (nSPS) is 22.5. The third-order valence-electron chi connectivity index (χ3n) is 4.76. The maximum atomic E-state index is 11.9. The first kappa shape index (κ1) is 14.3. The summed E-state index contributed by atoms with van der Waals surface area (Å²) in [7, 11) is 0. The highest BCUT2D eigenvalue weighted by Crippen LogP contribution is 2.23. The van der Waals surface area contributed by atoms with Crippen molar-refractivity contribution in [2.45, 2.75) is 45.2 Å². The van der Waals surface area contributed by atoms with Gasteiger partial charge in [0.15, 0.2) is 5.43 Å². The summed E-state index contributed by atoms with van der Waals surface area (Å²) < 4.78 is 2.18. The van der Waals surface area contributed by atoms with E-state index in [1.807, 2.05) is 30.5 Å². The van der Waals surface area contributed by atoms with Crippen LogP contribution in [-0.4, -0.2) is 17.2 Å². The highest BCUT2D eigenvalue weighted by Gasteiger charge is 2.20. The molecule has 21 heavy (non-hydrogen) atoms. The number of aromatic nitrogens is 1. The SMILES string of the molecule is CC1CCCCC1NCCn1ccc(=O)c2ccccc21. The quantitative estimate of drug-likeness (QED) is 0.935. The van der Waals surface area contributed by atoms with Gasteiger partial charge in [0.05, 0.1) is 5.52 Å². The Balaban J connectivity index is 1.68. The fourth-order valence-corrected chi connectivity index (χ4v) is 3.45. The Morgan fingerprint density at radius 3 is 2.86 bits per heavy atom. The van der Waals surface area contributed by atoms with Crippen molar-refractivity contribution in [2.24, 2.45) is 5.92 Å². The second-order valence-corrected chi connectivity index (χ2v) is 6.21. The zero-order valence-corrected chi connectivity index (χ0v) is 12.7. The van der Waals surface area contributed by atoms with Crippen molar-refractivity contribution in [3.05, 3.63) is 46.8 Å². The molecular weight excluding hydrogens is 260 g/mol. The summed E-state index contributed by atoms with van der Waals surface area (Å²) in [4.78, 5) is 11.9. The minimum absolute atomic E-state index is 0.107. The molecule has 2 unspecified atom stereocenters. The molecule has 1 aliphatic rings. The van der Waals surface area contributed by atoms with Crippen LogP contribution in [0.5, 0.6) is 0 Å². The van der Waals surface area contributed by atoms with Crippen LogP contribution in [0.25, 0.3) is 10.9 Å². The Morgan fingerprint density at radius 1 is 1.19 bits per heavy atom. The van der Waals surface area contributed by atoms with E-state index in [0.717, 1.165) is 29.9 Å². The van der Waals surface area contributed by atoms with Crippen LogP contribution in [0.3, 0.4) is 0 Å². The zero-order valence-electron chi connectivity index (χ0n) is 12.7. The molecule has 3 nitrogen and oxygen atoms in total. The second-order valence-electron chi connectivity index (χ2n) is 6.21. The van der Waals surface area contributed by atoms with Crippen molar-refractivity contribution in [1.29, 1.82) is 0 Å². The first-order chi connectivity index (χ1) is 10.3. The lowest BCUT2D eigenvalue weighted by molar-refractivity contribution is 0.279. The number of rotatable bonds is 4. The van der Waals surface area contributed by atoms with Crippen molar-refractivity contribution in [3.63, 3.8) is 0 Å². The number of fused-ring (bicyclic) bond motifs is 1. The van der Waals surface area contributed by atoms with E-state index in [-0.39, 0.29) is 5.43 Å². The summed E-state index contributed by atoms with van der Waals surface area (Å²) in [6.45, 7) is 4.22. The summed E-state index contributed by atoms with van der Waals surface area (Å²) in [5.74, 6) is 0.782. The molecule has 112 valence electrons. The lowest BCUT2D eigenvalue weighted by Crippen LogP contribution is -2.38. The molecule has 0 aliphatic heterocycles. The molecule has 1 saturated carbocycles. The monoisotopic (exact) mass is 284 g/mol. The van der Waals surface area contributed by atoms with E-state index < -0.39 is 0 Å². The summed E-state index contributed by atoms with van der Waals surface area (Å²) >= 11 is 0. The van der Waals surface area contributed by atoms with Gasteiger partial charge in [-0.3, -0.25) is 4.79 Å². The van der Waals surface area contributed by atoms with Gasteiger partial charge in [0, 0.05) is 36.8 Å². The van der Waals surface area contributed by atoms with Gasteiger partial charge in [0.25, 0.3) is 0 Å². The van der Waals surface area contributed by atoms with E-state index in [4.69, 9.17) is 0 Å². The number of nitrogens with one attached hydrogen (secondary N) is 1. The fourth-order valence-electron chi connectivity index (χ4n) is 3.45. The van der Waals surface area contributed by atoms with Crippen LogP contribution < -0.4 is 10.7 Å². The van der Waals surface area contributed by atoms with Crippen LogP contribution in [-0.2, 0) is 6.54 Å². The van der Waals surface area contributed by atoms with Gasteiger partial charge < -0.3 is 9.88 Å². The number of benzene rings is 1. The molecule has 0 saturated heterocycles. The number of pyridine rings is 1. The zero-order chi connectivity index (χ0) is 14.7. The predicted molar refractivity (Wildman–Crippen MR) is 87.6 cm³/mol.